The molecular weight excluding hydrogens is 194 g/mol. The van der Waals surface area contributed by atoms with E-state index in [0.717, 1.165) is 6.54 Å². The Morgan fingerprint density at radius 1 is 1.25 bits per heavy atom. The number of hydrogen-bond acceptors (Lipinski definition) is 1. The van der Waals surface area contributed by atoms with Crippen LogP contribution in [0.2, 0.25) is 0 Å². The third-order valence-corrected chi connectivity index (χ3v) is 3.39. The summed E-state index contributed by atoms with van der Waals surface area (Å²) in [5.41, 5.74) is 2.82. The summed E-state index contributed by atoms with van der Waals surface area (Å²) in [6.07, 6.45) is 2.40. The van der Waals surface area contributed by atoms with Crippen LogP contribution in [-0.2, 0) is 6.42 Å². The van der Waals surface area contributed by atoms with E-state index in [1.807, 2.05) is 0 Å². The van der Waals surface area contributed by atoms with Gasteiger partial charge in [-0.05, 0) is 38.8 Å². The van der Waals surface area contributed by atoms with Gasteiger partial charge in [-0.1, -0.05) is 43.7 Å². The third kappa shape index (κ3) is 3.97. The van der Waals surface area contributed by atoms with E-state index in [0.29, 0.717) is 6.04 Å². The zero-order valence-corrected chi connectivity index (χ0v) is 11.2. The van der Waals surface area contributed by atoms with Crippen LogP contribution < -0.4 is 0 Å². The molecule has 0 saturated heterocycles. The lowest BCUT2D eigenvalue weighted by Crippen LogP contribution is -2.34. The maximum Gasteiger partial charge on any atom is 0.00643 e. The van der Waals surface area contributed by atoms with Gasteiger partial charge in [-0.3, -0.25) is 0 Å². The molecule has 0 fully saturated rings. The van der Waals surface area contributed by atoms with Crippen LogP contribution in [0.1, 0.15) is 38.3 Å². The standard InChI is InChI=1S/C15H25N/c1-5-14(4)16(6-2)11-10-15-9-7-8-13(3)12-15/h7-9,12,14H,5-6,10-11H2,1-4H3. The molecule has 0 N–H and O–H groups in total. The van der Waals surface area contributed by atoms with E-state index in [1.165, 1.54) is 30.5 Å². The average molecular weight is 219 g/mol. The molecule has 1 nitrogen and oxygen atoms in total. The second-order valence-electron chi connectivity index (χ2n) is 4.62. The smallest absolute Gasteiger partial charge is 0.00643 e. The second kappa shape index (κ2) is 6.70. The summed E-state index contributed by atoms with van der Waals surface area (Å²) in [7, 11) is 0. The second-order valence-corrected chi connectivity index (χ2v) is 4.62. The van der Waals surface area contributed by atoms with Gasteiger partial charge in [0.2, 0.25) is 0 Å². The van der Waals surface area contributed by atoms with Crippen molar-refractivity contribution in [1.29, 1.82) is 0 Å². The summed E-state index contributed by atoms with van der Waals surface area (Å²) >= 11 is 0. The Kier molecular flexibility index (Phi) is 5.54. The Balaban J connectivity index is 2.49. The Morgan fingerprint density at radius 2 is 2.00 bits per heavy atom. The number of aryl methyl sites for hydroxylation is 1. The van der Waals surface area contributed by atoms with Gasteiger partial charge in [0.25, 0.3) is 0 Å². The number of benzene rings is 1. The quantitative estimate of drug-likeness (QED) is 0.706. The molecule has 1 aromatic rings. The highest BCUT2D eigenvalue weighted by Gasteiger charge is 2.09. The van der Waals surface area contributed by atoms with Gasteiger partial charge in [-0.25, -0.2) is 0 Å². The van der Waals surface area contributed by atoms with Crippen LogP contribution in [0.3, 0.4) is 0 Å². The summed E-state index contributed by atoms with van der Waals surface area (Å²) < 4.78 is 0. The zero-order chi connectivity index (χ0) is 12.0. The SMILES string of the molecule is CCC(C)N(CC)CCc1cccc(C)c1. The molecule has 0 radical (unpaired) electrons. The Bertz CT molecular complexity index is 306. The molecule has 0 aliphatic carbocycles. The Hall–Kier alpha value is -0.820. The molecule has 90 valence electrons. The van der Waals surface area contributed by atoms with E-state index in [4.69, 9.17) is 0 Å². The highest BCUT2D eigenvalue weighted by molar-refractivity contribution is 5.22. The van der Waals surface area contributed by atoms with Crippen molar-refractivity contribution in [2.45, 2.75) is 46.6 Å². The first kappa shape index (κ1) is 13.2. The summed E-state index contributed by atoms with van der Waals surface area (Å²) in [6, 6.07) is 9.55. The maximum absolute atomic E-state index is 2.56. The van der Waals surface area contributed by atoms with Crippen LogP contribution in [0.4, 0.5) is 0 Å². The molecule has 0 aliphatic rings. The van der Waals surface area contributed by atoms with E-state index in [2.05, 4.69) is 56.9 Å². The number of likely N-dealkylation sites (N-methyl/N-ethyl adjacent to an activating group) is 1. The molecule has 0 heterocycles. The number of nitrogens with zero attached hydrogens (tertiary/aromatic N) is 1. The molecule has 1 heteroatoms. The minimum atomic E-state index is 0.704. The molecule has 0 aliphatic heterocycles. The van der Waals surface area contributed by atoms with Crippen molar-refractivity contribution in [2.75, 3.05) is 13.1 Å². The van der Waals surface area contributed by atoms with E-state index < -0.39 is 0 Å². The molecule has 0 amide bonds. The van der Waals surface area contributed by atoms with Gasteiger partial charge >= 0.3 is 0 Å². The molecule has 1 unspecified atom stereocenters. The predicted molar refractivity (Wildman–Crippen MR) is 71.9 cm³/mol. The summed E-state index contributed by atoms with van der Waals surface area (Å²) in [5, 5.41) is 0. The maximum atomic E-state index is 2.56. The molecule has 0 aromatic heterocycles. The van der Waals surface area contributed by atoms with Gasteiger partial charge in [0.1, 0.15) is 0 Å². The minimum absolute atomic E-state index is 0.704. The molecule has 16 heavy (non-hydrogen) atoms. The van der Waals surface area contributed by atoms with Crippen LogP contribution in [-0.4, -0.2) is 24.0 Å². The van der Waals surface area contributed by atoms with Crippen LogP contribution in [0.15, 0.2) is 24.3 Å². The molecule has 0 saturated carbocycles. The molecular formula is C15H25N. The van der Waals surface area contributed by atoms with Crippen molar-refractivity contribution in [3.63, 3.8) is 0 Å². The van der Waals surface area contributed by atoms with Gasteiger partial charge in [-0.15, -0.1) is 0 Å². The minimum Gasteiger partial charge on any atom is -0.301 e. The average Bonchev–Trinajstić information content (AvgIpc) is 2.29. The van der Waals surface area contributed by atoms with Crippen LogP contribution in [0.5, 0.6) is 0 Å². The van der Waals surface area contributed by atoms with Crippen molar-refractivity contribution < 1.29 is 0 Å². The Morgan fingerprint density at radius 3 is 2.56 bits per heavy atom. The first-order valence-corrected chi connectivity index (χ1v) is 6.47. The lowest BCUT2D eigenvalue weighted by molar-refractivity contribution is 0.217. The summed E-state index contributed by atoms with van der Waals surface area (Å²) in [6.45, 7) is 11.3. The van der Waals surface area contributed by atoms with Crippen molar-refractivity contribution in [3.8, 4) is 0 Å². The van der Waals surface area contributed by atoms with Crippen molar-refractivity contribution in [2.24, 2.45) is 0 Å². The van der Waals surface area contributed by atoms with Gasteiger partial charge in [0.15, 0.2) is 0 Å². The number of hydrogen-bond donors (Lipinski definition) is 0. The fraction of sp³-hybridized carbons (Fsp3) is 0.600. The van der Waals surface area contributed by atoms with Gasteiger partial charge < -0.3 is 4.90 Å². The Labute approximate surface area is 100 Å². The fourth-order valence-electron chi connectivity index (χ4n) is 2.09. The van der Waals surface area contributed by atoms with Crippen LogP contribution >= 0.6 is 0 Å². The first-order valence-electron chi connectivity index (χ1n) is 6.47. The first-order chi connectivity index (χ1) is 7.67. The molecule has 1 aromatic carbocycles. The van der Waals surface area contributed by atoms with Gasteiger partial charge in [0, 0.05) is 12.6 Å². The van der Waals surface area contributed by atoms with E-state index in [9.17, 15) is 0 Å². The van der Waals surface area contributed by atoms with Crippen molar-refractivity contribution >= 4 is 0 Å². The largest absolute Gasteiger partial charge is 0.301 e. The third-order valence-electron chi connectivity index (χ3n) is 3.39. The fourth-order valence-corrected chi connectivity index (χ4v) is 2.09. The molecule has 0 spiro atoms. The molecule has 1 rings (SSSR count). The van der Waals surface area contributed by atoms with Gasteiger partial charge in [0.05, 0.1) is 0 Å². The van der Waals surface area contributed by atoms with Crippen LogP contribution in [0, 0.1) is 6.92 Å². The van der Waals surface area contributed by atoms with Gasteiger partial charge in [-0.2, -0.15) is 0 Å². The van der Waals surface area contributed by atoms with Crippen molar-refractivity contribution in [3.05, 3.63) is 35.4 Å². The monoisotopic (exact) mass is 219 g/mol. The number of rotatable bonds is 6. The molecule has 0 bridgehead atoms. The van der Waals surface area contributed by atoms with Crippen molar-refractivity contribution in [1.82, 2.24) is 4.90 Å². The zero-order valence-electron chi connectivity index (χ0n) is 11.2. The van der Waals surface area contributed by atoms with E-state index in [-0.39, 0.29) is 0 Å². The van der Waals surface area contributed by atoms with Crippen LogP contribution in [0.25, 0.3) is 0 Å². The molecule has 1 atom stereocenters. The highest BCUT2D eigenvalue weighted by Crippen LogP contribution is 2.08. The van der Waals surface area contributed by atoms with E-state index >= 15 is 0 Å². The normalized spacial score (nSPS) is 13.1. The van der Waals surface area contributed by atoms with E-state index in [1.54, 1.807) is 0 Å². The topological polar surface area (TPSA) is 3.24 Å². The lowest BCUT2D eigenvalue weighted by Gasteiger charge is -2.26. The summed E-state index contributed by atoms with van der Waals surface area (Å²) in [4.78, 5) is 2.56. The summed E-state index contributed by atoms with van der Waals surface area (Å²) in [5.74, 6) is 0. The predicted octanol–water partition coefficient (Wildman–Crippen LogP) is 3.66. The highest BCUT2D eigenvalue weighted by atomic mass is 15.1. The lowest BCUT2D eigenvalue weighted by atomic mass is 10.1.